The van der Waals surface area contributed by atoms with E-state index in [2.05, 4.69) is 58.6 Å². The molecule has 3 unspecified atom stereocenters. The summed E-state index contributed by atoms with van der Waals surface area (Å²) >= 11 is 1.90. The molecule has 1 aromatic carbocycles. The molecule has 4 nitrogen and oxygen atoms in total. The van der Waals surface area contributed by atoms with Crippen molar-refractivity contribution in [3.05, 3.63) is 28.2 Å². The molecule has 5 heteroatoms. The molecular weight excluding hydrogens is 478 g/mol. The summed E-state index contributed by atoms with van der Waals surface area (Å²) in [5.41, 5.74) is 3.20. The number of rotatable bonds is 11. The normalized spacial score (nSPS) is 22.7. The summed E-state index contributed by atoms with van der Waals surface area (Å²) in [7, 11) is 0. The number of unbranched alkanes of at least 4 members (excludes halogenated alkanes) is 2. The SMILES string of the molecule is CCCCCC(C)C(C)c1cc(OC(=O)CCCN2CCCCC2)c2c(c1)OC(C)(C)C1=C2C(C)CS1. The van der Waals surface area contributed by atoms with Crippen molar-refractivity contribution >= 4 is 23.3 Å². The van der Waals surface area contributed by atoms with E-state index >= 15 is 0 Å². The van der Waals surface area contributed by atoms with Crippen LogP contribution in [-0.4, -0.2) is 41.9 Å². The minimum absolute atomic E-state index is 0.120. The molecule has 1 fully saturated rings. The monoisotopic (exact) mass is 527 g/mol. The first-order valence-corrected chi connectivity index (χ1v) is 15.9. The summed E-state index contributed by atoms with van der Waals surface area (Å²) in [6.45, 7) is 16.9. The number of hydrogen-bond acceptors (Lipinski definition) is 5. The maximum Gasteiger partial charge on any atom is 0.311 e. The Morgan fingerprint density at radius 3 is 2.65 bits per heavy atom. The third-order valence-electron chi connectivity index (χ3n) is 8.65. The topological polar surface area (TPSA) is 38.8 Å². The predicted molar refractivity (Wildman–Crippen MR) is 157 cm³/mol. The fourth-order valence-corrected chi connectivity index (χ4v) is 7.60. The van der Waals surface area contributed by atoms with Gasteiger partial charge in [-0.1, -0.05) is 59.8 Å². The largest absolute Gasteiger partial charge is 0.482 e. The zero-order chi connectivity index (χ0) is 26.6. The molecule has 1 aromatic rings. The number of esters is 1. The maximum absolute atomic E-state index is 13.1. The number of fused-ring (bicyclic) bond motifs is 2. The van der Waals surface area contributed by atoms with Crippen molar-refractivity contribution in [2.75, 3.05) is 25.4 Å². The van der Waals surface area contributed by atoms with Crippen molar-refractivity contribution in [1.29, 1.82) is 0 Å². The van der Waals surface area contributed by atoms with Gasteiger partial charge in [-0.15, -0.1) is 11.8 Å². The molecule has 0 aliphatic carbocycles. The van der Waals surface area contributed by atoms with E-state index < -0.39 is 0 Å². The lowest BCUT2D eigenvalue weighted by molar-refractivity contribution is -0.134. The van der Waals surface area contributed by atoms with E-state index in [9.17, 15) is 4.79 Å². The number of carbonyl (C=O) groups excluding carboxylic acids is 1. The van der Waals surface area contributed by atoms with Crippen LogP contribution in [0.4, 0.5) is 0 Å². The Bertz CT molecular complexity index is 978. The quantitative estimate of drug-likeness (QED) is 0.164. The van der Waals surface area contributed by atoms with Crippen LogP contribution in [0.1, 0.15) is 116 Å². The lowest BCUT2D eigenvalue weighted by Crippen LogP contribution is -2.33. The molecule has 0 amide bonds. The summed E-state index contributed by atoms with van der Waals surface area (Å²) in [4.78, 5) is 16.9. The summed E-state index contributed by atoms with van der Waals surface area (Å²) in [6, 6.07) is 4.40. The first kappa shape index (κ1) is 28.5. The van der Waals surface area contributed by atoms with Gasteiger partial charge in [0.25, 0.3) is 0 Å². The highest BCUT2D eigenvalue weighted by atomic mass is 32.2. The van der Waals surface area contributed by atoms with E-state index in [0.29, 0.717) is 29.9 Å². The Balaban J connectivity index is 1.58. The molecule has 0 saturated carbocycles. The van der Waals surface area contributed by atoms with Gasteiger partial charge >= 0.3 is 5.97 Å². The van der Waals surface area contributed by atoms with Gasteiger partial charge in [0.15, 0.2) is 0 Å². The minimum Gasteiger partial charge on any atom is -0.482 e. The van der Waals surface area contributed by atoms with Crippen molar-refractivity contribution in [2.24, 2.45) is 11.8 Å². The number of hydrogen-bond donors (Lipinski definition) is 0. The molecule has 3 atom stereocenters. The first-order chi connectivity index (χ1) is 17.7. The second-order valence-corrected chi connectivity index (χ2v) is 13.2. The Morgan fingerprint density at radius 1 is 1.16 bits per heavy atom. The smallest absolute Gasteiger partial charge is 0.311 e. The van der Waals surface area contributed by atoms with Gasteiger partial charge in [-0.3, -0.25) is 4.79 Å². The van der Waals surface area contributed by atoms with Crippen LogP contribution in [-0.2, 0) is 4.79 Å². The molecule has 1 saturated heterocycles. The van der Waals surface area contributed by atoms with E-state index in [1.54, 1.807) is 0 Å². The Labute approximate surface area is 229 Å². The highest BCUT2D eigenvalue weighted by Gasteiger charge is 2.42. The molecule has 4 rings (SSSR count). The van der Waals surface area contributed by atoms with Crippen LogP contribution >= 0.6 is 11.8 Å². The molecule has 37 heavy (non-hydrogen) atoms. The summed E-state index contributed by atoms with van der Waals surface area (Å²) < 4.78 is 12.9. The third-order valence-corrected chi connectivity index (χ3v) is 10.3. The molecule has 0 aromatic heterocycles. The van der Waals surface area contributed by atoms with Crippen LogP contribution in [0, 0.1) is 11.8 Å². The molecule has 0 spiro atoms. The van der Waals surface area contributed by atoms with Crippen LogP contribution in [0.15, 0.2) is 17.0 Å². The van der Waals surface area contributed by atoms with Crippen LogP contribution in [0.5, 0.6) is 11.5 Å². The number of piperidine rings is 1. The minimum atomic E-state index is -0.359. The Kier molecular flexibility index (Phi) is 9.72. The molecule has 3 aliphatic heterocycles. The first-order valence-electron chi connectivity index (χ1n) is 14.9. The van der Waals surface area contributed by atoms with Gasteiger partial charge < -0.3 is 14.4 Å². The Hall–Kier alpha value is -1.46. The summed E-state index contributed by atoms with van der Waals surface area (Å²) in [5.74, 6) is 3.87. The summed E-state index contributed by atoms with van der Waals surface area (Å²) in [6.07, 6.45) is 10.2. The number of ether oxygens (including phenoxy) is 2. The number of nitrogens with zero attached hydrogens (tertiary/aromatic N) is 1. The van der Waals surface area contributed by atoms with Crippen molar-refractivity contribution < 1.29 is 14.3 Å². The summed E-state index contributed by atoms with van der Waals surface area (Å²) in [5, 5.41) is 0. The number of carbonyl (C=O) groups is 1. The van der Waals surface area contributed by atoms with Crippen molar-refractivity contribution in [3.8, 4) is 11.5 Å². The lowest BCUT2D eigenvalue weighted by atomic mass is 9.82. The van der Waals surface area contributed by atoms with E-state index in [1.165, 1.54) is 74.1 Å². The molecule has 3 heterocycles. The van der Waals surface area contributed by atoms with Gasteiger partial charge in [-0.2, -0.15) is 0 Å². The van der Waals surface area contributed by atoms with Crippen LogP contribution < -0.4 is 9.47 Å². The van der Waals surface area contributed by atoms with Crippen LogP contribution in [0.3, 0.4) is 0 Å². The average molecular weight is 528 g/mol. The van der Waals surface area contributed by atoms with Gasteiger partial charge in [0.2, 0.25) is 0 Å². The molecule has 0 N–H and O–H groups in total. The van der Waals surface area contributed by atoms with Crippen molar-refractivity contribution in [2.45, 2.75) is 111 Å². The zero-order valence-electron chi connectivity index (χ0n) is 24.2. The zero-order valence-corrected chi connectivity index (χ0v) is 25.0. The second-order valence-electron chi connectivity index (χ2n) is 12.2. The average Bonchev–Trinajstić information content (AvgIpc) is 3.26. The second kappa shape index (κ2) is 12.6. The standard InChI is InChI=1S/C32H49NO3S/c1-7-8-10-14-22(2)24(4)25-19-26(35-28(34)15-13-18-33-16-11-9-12-17-33)30-27(20-25)36-32(5,6)31-29(30)23(3)21-37-31/h19-20,22-24H,7-18,21H2,1-6H3. The van der Waals surface area contributed by atoms with Gasteiger partial charge in [0.05, 0.1) is 5.56 Å². The highest BCUT2D eigenvalue weighted by molar-refractivity contribution is 8.03. The maximum atomic E-state index is 13.1. The molecular formula is C32H49NO3S. The highest BCUT2D eigenvalue weighted by Crippen LogP contribution is 2.56. The fraction of sp³-hybridized carbons (Fsp3) is 0.719. The molecule has 0 bridgehead atoms. The van der Waals surface area contributed by atoms with E-state index in [-0.39, 0.29) is 11.6 Å². The van der Waals surface area contributed by atoms with Crippen LogP contribution in [0.2, 0.25) is 0 Å². The van der Waals surface area contributed by atoms with Crippen molar-refractivity contribution in [3.63, 3.8) is 0 Å². The number of benzene rings is 1. The Morgan fingerprint density at radius 2 is 1.92 bits per heavy atom. The van der Waals surface area contributed by atoms with Gasteiger partial charge in [0, 0.05) is 17.1 Å². The number of allylic oxidation sites excluding steroid dienone is 1. The van der Waals surface area contributed by atoms with E-state index in [4.69, 9.17) is 9.47 Å². The lowest BCUT2D eigenvalue weighted by Gasteiger charge is -2.36. The number of likely N-dealkylation sites (tertiary alicyclic amines) is 1. The molecule has 206 valence electrons. The van der Waals surface area contributed by atoms with Gasteiger partial charge in [-0.05, 0) is 93.8 Å². The van der Waals surface area contributed by atoms with E-state index in [0.717, 1.165) is 30.0 Å². The number of thioether (sulfide) groups is 1. The molecule has 3 aliphatic rings. The predicted octanol–water partition coefficient (Wildman–Crippen LogP) is 8.44. The third kappa shape index (κ3) is 6.76. The van der Waals surface area contributed by atoms with E-state index in [1.807, 2.05) is 11.8 Å². The fourth-order valence-electron chi connectivity index (χ4n) is 6.17. The van der Waals surface area contributed by atoms with Crippen LogP contribution in [0.25, 0.3) is 5.57 Å². The molecule has 0 radical (unpaired) electrons. The van der Waals surface area contributed by atoms with Gasteiger partial charge in [-0.25, -0.2) is 0 Å². The van der Waals surface area contributed by atoms with Crippen molar-refractivity contribution in [1.82, 2.24) is 4.90 Å². The van der Waals surface area contributed by atoms with Gasteiger partial charge in [0.1, 0.15) is 17.1 Å².